The van der Waals surface area contributed by atoms with Gasteiger partial charge in [-0.2, -0.15) is 0 Å². The average molecular weight is 206 g/mol. The molecule has 80 valence electrons. The molecule has 0 bridgehead atoms. The van der Waals surface area contributed by atoms with Gasteiger partial charge in [0.05, 0.1) is 19.8 Å². The summed E-state index contributed by atoms with van der Waals surface area (Å²) in [6.45, 7) is 0. The minimum absolute atomic E-state index is 0.541. The molecule has 15 heavy (non-hydrogen) atoms. The van der Waals surface area contributed by atoms with E-state index in [2.05, 4.69) is 0 Å². The third kappa shape index (κ3) is 1.82. The van der Waals surface area contributed by atoms with Gasteiger partial charge >= 0.3 is 0 Å². The third-order valence-corrected chi connectivity index (χ3v) is 2.73. The van der Waals surface area contributed by atoms with Crippen LogP contribution in [-0.4, -0.2) is 20.5 Å². The van der Waals surface area contributed by atoms with E-state index >= 15 is 0 Å². The van der Waals surface area contributed by atoms with Crippen LogP contribution in [0, 0.1) is 0 Å². The zero-order valence-corrected chi connectivity index (χ0v) is 8.95. The number of hydrogen-bond donors (Lipinski definition) is 0. The second kappa shape index (κ2) is 3.93. The van der Waals surface area contributed by atoms with Crippen molar-refractivity contribution in [1.29, 1.82) is 0 Å². The van der Waals surface area contributed by atoms with E-state index < -0.39 is 0 Å². The van der Waals surface area contributed by atoms with Gasteiger partial charge in [-0.1, -0.05) is 0 Å². The lowest BCUT2D eigenvalue weighted by Gasteiger charge is -2.11. The van der Waals surface area contributed by atoms with E-state index in [0.717, 1.165) is 17.6 Å². The lowest BCUT2D eigenvalue weighted by Crippen LogP contribution is -1.96. The molecule has 0 N–H and O–H groups in total. The van der Waals surface area contributed by atoms with E-state index in [1.807, 2.05) is 6.07 Å². The van der Waals surface area contributed by atoms with Crippen molar-refractivity contribution in [1.82, 2.24) is 0 Å². The quantitative estimate of drug-likeness (QED) is 0.709. The van der Waals surface area contributed by atoms with Gasteiger partial charge in [0.2, 0.25) is 0 Å². The van der Waals surface area contributed by atoms with Crippen molar-refractivity contribution in [3.63, 3.8) is 0 Å². The van der Waals surface area contributed by atoms with Gasteiger partial charge in [0, 0.05) is 5.56 Å². The van der Waals surface area contributed by atoms with Crippen LogP contribution in [0.15, 0.2) is 12.1 Å². The number of carbonyl (C=O) groups is 1. The number of rotatable bonds is 4. The second-order valence-corrected chi connectivity index (χ2v) is 3.73. The van der Waals surface area contributed by atoms with Crippen molar-refractivity contribution in [2.24, 2.45) is 0 Å². The van der Waals surface area contributed by atoms with Crippen molar-refractivity contribution >= 4 is 6.29 Å². The van der Waals surface area contributed by atoms with E-state index in [0.29, 0.717) is 17.2 Å². The van der Waals surface area contributed by atoms with Gasteiger partial charge in [0.1, 0.15) is 11.5 Å². The standard InChI is InChI=1S/C12H14O3/c1-14-11-6-10(8-3-4-8)12(15-2)5-9(11)7-13/h5-8H,3-4H2,1-2H3. The van der Waals surface area contributed by atoms with Crippen molar-refractivity contribution in [2.45, 2.75) is 18.8 Å². The Morgan fingerprint density at radius 3 is 2.33 bits per heavy atom. The fraction of sp³-hybridized carbons (Fsp3) is 0.417. The Kier molecular flexibility index (Phi) is 2.62. The first kappa shape index (κ1) is 10.0. The van der Waals surface area contributed by atoms with Crippen LogP contribution in [0.3, 0.4) is 0 Å². The molecule has 2 rings (SSSR count). The van der Waals surface area contributed by atoms with E-state index in [-0.39, 0.29) is 0 Å². The van der Waals surface area contributed by atoms with E-state index in [1.54, 1.807) is 20.3 Å². The van der Waals surface area contributed by atoms with Crippen LogP contribution in [0.4, 0.5) is 0 Å². The molecule has 1 aromatic carbocycles. The molecule has 1 saturated carbocycles. The number of benzene rings is 1. The topological polar surface area (TPSA) is 35.5 Å². The monoisotopic (exact) mass is 206 g/mol. The van der Waals surface area contributed by atoms with Crippen LogP contribution in [0.5, 0.6) is 11.5 Å². The Morgan fingerprint density at radius 2 is 1.87 bits per heavy atom. The Labute approximate surface area is 89.0 Å². The van der Waals surface area contributed by atoms with Crippen LogP contribution in [0.25, 0.3) is 0 Å². The molecule has 3 nitrogen and oxygen atoms in total. The molecular formula is C12H14O3. The maximum absolute atomic E-state index is 10.8. The fourth-order valence-electron chi connectivity index (χ4n) is 1.75. The minimum Gasteiger partial charge on any atom is -0.496 e. The van der Waals surface area contributed by atoms with Crippen molar-refractivity contribution in [3.8, 4) is 11.5 Å². The summed E-state index contributed by atoms with van der Waals surface area (Å²) in [7, 11) is 3.20. The summed E-state index contributed by atoms with van der Waals surface area (Å²) in [4.78, 5) is 10.8. The first-order valence-corrected chi connectivity index (χ1v) is 5.01. The Hall–Kier alpha value is -1.51. The summed E-state index contributed by atoms with van der Waals surface area (Å²) >= 11 is 0. The van der Waals surface area contributed by atoms with Crippen LogP contribution < -0.4 is 9.47 Å². The molecule has 0 aromatic heterocycles. The van der Waals surface area contributed by atoms with Gasteiger partial charge in [-0.25, -0.2) is 0 Å². The number of methoxy groups -OCH3 is 2. The summed E-state index contributed by atoms with van der Waals surface area (Å²) in [6, 6.07) is 3.67. The van der Waals surface area contributed by atoms with Gasteiger partial charge < -0.3 is 9.47 Å². The summed E-state index contributed by atoms with van der Waals surface area (Å²) in [5.74, 6) is 2.00. The highest BCUT2D eigenvalue weighted by Gasteiger charge is 2.28. The Bertz CT molecular complexity index is 381. The Morgan fingerprint density at radius 1 is 1.20 bits per heavy atom. The van der Waals surface area contributed by atoms with E-state index in [9.17, 15) is 4.79 Å². The minimum atomic E-state index is 0.541. The first-order valence-electron chi connectivity index (χ1n) is 5.01. The maximum atomic E-state index is 10.8. The molecule has 0 unspecified atom stereocenters. The molecule has 0 radical (unpaired) electrons. The van der Waals surface area contributed by atoms with Gasteiger partial charge in [-0.15, -0.1) is 0 Å². The summed E-state index contributed by atoms with van der Waals surface area (Å²) in [6.07, 6.45) is 3.18. The normalized spacial score (nSPS) is 14.8. The number of aldehydes is 1. The zero-order valence-electron chi connectivity index (χ0n) is 8.95. The predicted octanol–water partition coefficient (Wildman–Crippen LogP) is 2.39. The molecule has 3 heteroatoms. The number of hydrogen-bond acceptors (Lipinski definition) is 3. The smallest absolute Gasteiger partial charge is 0.153 e. The van der Waals surface area contributed by atoms with Gasteiger partial charge in [-0.3, -0.25) is 4.79 Å². The summed E-state index contributed by atoms with van der Waals surface area (Å²) < 4.78 is 10.4. The Balaban J connectivity index is 2.48. The highest BCUT2D eigenvalue weighted by molar-refractivity contribution is 5.81. The SMILES string of the molecule is COc1cc(C2CC2)c(OC)cc1C=O. The van der Waals surface area contributed by atoms with Crippen molar-refractivity contribution < 1.29 is 14.3 Å². The molecule has 1 aliphatic carbocycles. The van der Waals surface area contributed by atoms with Crippen molar-refractivity contribution in [2.75, 3.05) is 14.2 Å². The number of carbonyl (C=O) groups excluding carboxylic acids is 1. The van der Waals surface area contributed by atoms with Crippen LogP contribution in [0.1, 0.15) is 34.7 Å². The van der Waals surface area contributed by atoms with Crippen LogP contribution in [-0.2, 0) is 0 Å². The van der Waals surface area contributed by atoms with E-state index in [4.69, 9.17) is 9.47 Å². The third-order valence-electron chi connectivity index (χ3n) is 2.73. The fourth-order valence-corrected chi connectivity index (χ4v) is 1.75. The molecule has 0 spiro atoms. The van der Waals surface area contributed by atoms with E-state index in [1.165, 1.54) is 12.8 Å². The molecule has 0 saturated heterocycles. The largest absolute Gasteiger partial charge is 0.496 e. The van der Waals surface area contributed by atoms with Crippen LogP contribution >= 0.6 is 0 Å². The molecule has 1 aliphatic rings. The number of ether oxygens (including phenoxy) is 2. The highest BCUT2D eigenvalue weighted by atomic mass is 16.5. The average Bonchev–Trinajstić information content (AvgIpc) is 3.11. The molecule has 0 heterocycles. The van der Waals surface area contributed by atoms with Crippen LogP contribution in [0.2, 0.25) is 0 Å². The van der Waals surface area contributed by atoms with Gasteiger partial charge in [0.15, 0.2) is 6.29 Å². The molecule has 1 fully saturated rings. The lowest BCUT2D eigenvalue weighted by molar-refractivity contribution is 0.112. The zero-order chi connectivity index (χ0) is 10.8. The highest BCUT2D eigenvalue weighted by Crippen LogP contribution is 2.46. The maximum Gasteiger partial charge on any atom is 0.153 e. The van der Waals surface area contributed by atoms with Crippen molar-refractivity contribution in [3.05, 3.63) is 23.3 Å². The predicted molar refractivity (Wildman–Crippen MR) is 56.9 cm³/mol. The molecule has 0 amide bonds. The molecule has 0 atom stereocenters. The second-order valence-electron chi connectivity index (χ2n) is 3.73. The molecule has 1 aromatic rings. The summed E-state index contributed by atoms with van der Waals surface area (Å²) in [5, 5.41) is 0. The lowest BCUT2D eigenvalue weighted by atomic mass is 10.1. The van der Waals surface area contributed by atoms with Gasteiger partial charge in [0.25, 0.3) is 0 Å². The summed E-state index contributed by atoms with van der Waals surface area (Å²) in [5.41, 5.74) is 1.69. The molecular weight excluding hydrogens is 192 g/mol. The first-order chi connectivity index (χ1) is 7.30. The van der Waals surface area contributed by atoms with Gasteiger partial charge in [-0.05, 0) is 30.9 Å². The molecule has 0 aliphatic heterocycles.